The molecule has 1 aliphatic carbocycles. The van der Waals surface area contributed by atoms with E-state index in [1.807, 2.05) is 30.3 Å². The Kier molecular flexibility index (Phi) is 4.92. The van der Waals surface area contributed by atoms with Crippen LogP contribution in [0, 0.1) is 5.92 Å². The predicted octanol–water partition coefficient (Wildman–Crippen LogP) is 0.500. The van der Waals surface area contributed by atoms with Crippen molar-refractivity contribution in [3.63, 3.8) is 0 Å². The third-order valence-electron chi connectivity index (χ3n) is 3.22. The number of rotatable bonds is 7. The van der Waals surface area contributed by atoms with Crippen molar-refractivity contribution < 1.29 is 19.1 Å². The summed E-state index contributed by atoms with van der Waals surface area (Å²) >= 11 is 0. The Labute approximate surface area is 122 Å². The molecule has 0 unspecified atom stereocenters. The lowest BCUT2D eigenvalue weighted by atomic mass is 10.2. The van der Waals surface area contributed by atoms with E-state index >= 15 is 0 Å². The minimum absolute atomic E-state index is 0.0489. The summed E-state index contributed by atoms with van der Waals surface area (Å²) in [7, 11) is 0. The van der Waals surface area contributed by atoms with E-state index in [0.717, 1.165) is 18.4 Å². The van der Waals surface area contributed by atoms with Crippen LogP contribution in [0.15, 0.2) is 30.3 Å². The van der Waals surface area contributed by atoms with Crippen LogP contribution in [-0.2, 0) is 25.7 Å². The number of ether oxygens (including phenoxy) is 1. The molecule has 1 fully saturated rings. The Morgan fingerprint density at radius 2 is 1.90 bits per heavy atom. The second-order valence-electron chi connectivity index (χ2n) is 5.09. The standard InChI is InChI=1S/C15H18N2O4/c16-14(19)12(17-15(20)11-6-7-11)8-13(18)21-9-10-4-2-1-3-5-10/h1-5,11-12H,6-9H2,(H2,16,19)(H,17,20)/t12-/m0/s1. The average molecular weight is 290 g/mol. The minimum Gasteiger partial charge on any atom is -0.461 e. The Hall–Kier alpha value is -2.37. The molecule has 2 rings (SSSR count). The monoisotopic (exact) mass is 290 g/mol. The fourth-order valence-corrected chi connectivity index (χ4v) is 1.82. The number of esters is 1. The van der Waals surface area contributed by atoms with Gasteiger partial charge in [0.05, 0.1) is 6.42 Å². The molecule has 0 heterocycles. The Bertz CT molecular complexity index is 526. The highest BCUT2D eigenvalue weighted by Crippen LogP contribution is 2.28. The van der Waals surface area contributed by atoms with Crippen LogP contribution < -0.4 is 11.1 Å². The molecule has 6 nitrogen and oxygen atoms in total. The van der Waals surface area contributed by atoms with Gasteiger partial charge in [-0.3, -0.25) is 14.4 Å². The molecule has 0 saturated heterocycles. The van der Waals surface area contributed by atoms with Crippen LogP contribution in [0.4, 0.5) is 0 Å². The number of carbonyl (C=O) groups excluding carboxylic acids is 3. The molecule has 0 spiro atoms. The van der Waals surface area contributed by atoms with Crippen molar-refractivity contribution in [1.29, 1.82) is 0 Å². The van der Waals surface area contributed by atoms with E-state index in [1.54, 1.807) is 0 Å². The minimum atomic E-state index is -1.01. The van der Waals surface area contributed by atoms with Crippen LogP contribution in [0.25, 0.3) is 0 Å². The number of amides is 2. The van der Waals surface area contributed by atoms with E-state index in [-0.39, 0.29) is 24.9 Å². The van der Waals surface area contributed by atoms with E-state index in [9.17, 15) is 14.4 Å². The van der Waals surface area contributed by atoms with Crippen molar-refractivity contribution in [2.75, 3.05) is 0 Å². The number of benzene rings is 1. The summed E-state index contributed by atoms with van der Waals surface area (Å²) in [6.07, 6.45) is 1.38. The molecule has 112 valence electrons. The molecule has 3 N–H and O–H groups in total. The number of hydrogen-bond donors (Lipinski definition) is 2. The van der Waals surface area contributed by atoms with Gasteiger partial charge in [-0.1, -0.05) is 30.3 Å². The lowest BCUT2D eigenvalue weighted by Gasteiger charge is -2.14. The maximum Gasteiger partial charge on any atom is 0.308 e. The predicted molar refractivity (Wildman–Crippen MR) is 74.7 cm³/mol. The highest BCUT2D eigenvalue weighted by Gasteiger charge is 2.32. The van der Waals surface area contributed by atoms with E-state index in [4.69, 9.17) is 10.5 Å². The molecule has 1 aromatic rings. The molecule has 1 saturated carbocycles. The van der Waals surface area contributed by atoms with Crippen LogP contribution in [0.1, 0.15) is 24.8 Å². The van der Waals surface area contributed by atoms with Crippen molar-refractivity contribution in [3.8, 4) is 0 Å². The SMILES string of the molecule is NC(=O)[C@H](CC(=O)OCc1ccccc1)NC(=O)C1CC1. The second-order valence-corrected chi connectivity index (χ2v) is 5.09. The van der Waals surface area contributed by atoms with Gasteiger partial charge in [0.1, 0.15) is 12.6 Å². The fraction of sp³-hybridized carbons (Fsp3) is 0.400. The second kappa shape index (κ2) is 6.88. The lowest BCUT2D eigenvalue weighted by Crippen LogP contribution is -2.46. The Morgan fingerprint density at radius 3 is 2.48 bits per heavy atom. The molecule has 1 aromatic carbocycles. The van der Waals surface area contributed by atoms with Gasteiger partial charge in [-0.2, -0.15) is 0 Å². The first-order valence-corrected chi connectivity index (χ1v) is 6.85. The summed E-state index contributed by atoms with van der Waals surface area (Å²) in [5.74, 6) is -1.58. The molecule has 0 bridgehead atoms. The third-order valence-corrected chi connectivity index (χ3v) is 3.22. The van der Waals surface area contributed by atoms with E-state index < -0.39 is 17.9 Å². The lowest BCUT2D eigenvalue weighted by molar-refractivity contribution is -0.147. The zero-order chi connectivity index (χ0) is 15.2. The topological polar surface area (TPSA) is 98.5 Å². The molecule has 0 radical (unpaired) electrons. The van der Waals surface area contributed by atoms with Crippen molar-refractivity contribution in [1.82, 2.24) is 5.32 Å². The van der Waals surface area contributed by atoms with E-state index in [1.165, 1.54) is 0 Å². The number of primary amides is 1. The number of nitrogens with two attached hydrogens (primary N) is 1. The summed E-state index contributed by atoms with van der Waals surface area (Å²) in [4.78, 5) is 34.6. The van der Waals surface area contributed by atoms with Crippen LogP contribution >= 0.6 is 0 Å². The fourth-order valence-electron chi connectivity index (χ4n) is 1.82. The summed E-state index contributed by atoms with van der Waals surface area (Å²) in [6.45, 7) is 0.127. The van der Waals surface area contributed by atoms with Crippen LogP contribution in [0.2, 0.25) is 0 Å². The largest absolute Gasteiger partial charge is 0.461 e. The third kappa shape index (κ3) is 4.91. The molecule has 0 aromatic heterocycles. The van der Waals surface area contributed by atoms with Gasteiger partial charge in [-0.05, 0) is 18.4 Å². The van der Waals surface area contributed by atoms with Gasteiger partial charge in [0.15, 0.2) is 0 Å². The zero-order valence-corrected chi connectivity index (χ0v) is 11.6. The summed E-state index contributed by atoms with van der Waals surface area (Å²) in [5, 5.41) is 2.49. The molecular weight excluding hydrogens is 272 g/mol. The summed E-state index contributed by atoms with van der Waals surface area (Å²) in [5.41, 5.74) is 6.05. The quantitative estimate of drug-likeness (QED) is 0.714. The van der Waals surface area contributed by atoms with Crippen molar-refractivity contribution in [2.24, 2.45) is 11.7 Å². The number of hydrogen-bond acceptors (Lipinski definition) is 4. The number of carbonyl (C=O) groups is 3. The molecule has 1 atom stereocenters. The molecular formula is C15H18N2O4. The van der Waals surface area contributed by atoms with Gasteiger partial charge in [0.2, 0.25) is 11.8 Å². The Morgan fingerprint density at radius 1 is 1.24 bits per heavy atom. The van der Waals surface area contributed by atoms with Crippen LogP contribution in [-0.4, -0.2) is 23.8 Å². The highest BCUT2D eigenvalue weighted by molar-refractivity contribution is 5.91. The van der Waals surface area contributed by atoms with E-state index in [0.29, 0.717) is 0 Å². The van der Waals surface area contributed by atoms with Gasteiger partial charge < -0.3 is 15.8 Å². The van der Waals surface area contributed by atoms with Gasteiger partial charge in [0, 0.05) is 5.92 Å². The van der Waals surface area contributed by atoms with Crippen LogP contribution in [0.3, 0.4) is 0 Å². The van der Waals surface area contributed by atoms with Crippen molar-refractivity contribution in [2.45, 2.75) is 31.9 Å². The van der Waals surface area contributed by atoms with E-state index in [2.05, 4.69) is 5.32 Å². The average Bonchev–Trinajstić information content (AvgIpc) is 3.30. The molecule has 2 amide bonds. The first-order valence-electron chi connectivity index (χ1n) is 6.85. The highest BCUT2D eigenvalue weighted by atomic mass is 16.5. The zero-order valence-electron chi connectivity index (χ0n) is 11.6. The maximum atomic E-state index is 11.7. The molecule has 0 aliphatic heterocycles. The first-order chi connectivity index (χ1) is 10.1. The van der Waals surface area contributed by atoms with Gasteiger partial charge in [0.25, 0.3) is 0 Å². The van der Waals surface area contributed by atoms with Gasteiger partial charge in [-0.15, -0.1) is 0 Å². The number of nitrogens with one attached hydrogen (secondary N) is 1. The summed E-state index contributed by atoms with van der Waals surface area (Å²) < 4.78 is 5.07. The maximum absolute atomic E-state index is 11.7. The van der Waals surface area contributed by atoms with Crippen molar-refractivity contribution in [3.05, 3.63) is 35.9 Å². The first kappa shape index (κ1) is 15.0. The van der Waals surface area contributed by atoms with Gasteiger partial charge >= 0.3 is 5.97 Å². The van der Waals surface area contributed by atoms with Gasteiger partial charge in [-0.25, -0.2) is 0 Å². The molecule has 21 heavy (non-hydrogen) atoms. The van der Waals surface area contributed by atoms with Crippen molar-refractivity contribution >= 4 is 17.8 Å². The Balaban J connectivity index is 1.80. The molecule has 1 aliphatic rings. The van der Waals surface area contributed by atoms with Crippen LogP contribution in [0.5, 0.6) is 0 Å². The summed E-state index contributed by atoms with van der Waals surface area (Å²) in [6, 6.07) is 8.18. The smallest absolute Gasteiger partial charge is 0.308 e. The normalized spacial score (nSPS) is 15.0. The molecule has 6 heteroatoms.